The number of hydrogen-bond donors (Lipinski definition) is 1. The first kappa shape index (κ1) is 23.6. The van der Waals surface area contributed by atoms with E-state index in [0.29, 0.717) is 52.5 Å². The van der Waals surface area contributed by atoms with Crippen LogP contribution in [0.2, 0.25) is 5.02 Å². The first-order valence-electron chi connectivity index (χ1n) is 11.1. The number of rotatable bonds is 5. The van der Waals surface area contributed by atoms with Crippen LogP contribution in [0.3, 0.4) is 0 Å². The topological polar surface area (TPSA) is 94.5 Å². The number of carbonyl (C=O) groups is 2. The van der Waals surface area contributed by atoms with Crippen LogP contribution in [0.1, 0.15) is 17.2 Å². The Balaban J connectivity index is 1.76. The summed E-state index contributed by atoms with van der Waals surface area (Å²) in [5.74, 6) is -0.360. The normalized spacial score (nSPS) is 18.3. The highest BCUT2D eigenvalue weighted by atomic mass is 35.5. The molecule has 0 bridgehead atoms. The molecular weight excluding hydrogens is 486 g/mol. The van der Waals surface area contributed by atoms with Gasteiger partial charge in [-0.2, -0.15) is 0 Å². The molecule has 1 N–H and O–H groups in total. The Morgan fingerprint density at radius 3 is 2.42 bits per heavy atom. The highest BCUT2D eigenvalue weighted by molar-refractivity contribution is 6.51. The number of anilines is 1. The second kappa shape index (κ2) is 9.47. The molecule has 0 aliphatic carbocycles. The van der Waals surface area contributed by atoms with Crippen LogP contribution in [0.5, 0.6) is 23.0 Å². The van der Waals surface area contributed by atoms with Crippen molar-refractivity contribution in [2.45, 2.75) is 6.04 Å². The summed E-state index contributed by atoms with van der Waals surface area (Å²) in [5, 5.41) is 11.8. The summed E-state index contributed by atoms with van der Waals surface area (Å²) in [7, 11) is 2.93. The van der Waals surface area contributed by atoms with Crippen molar-refractivity contribution >= 4 is 34.7 Å². The van der Waals surface area contributed by atoms with E-state index in [1.165, 1.54) is 25.2 Å². The van der Waals surface area contributed by atoms with Crippen LogP contribution < -0.4 is 23.8 Å². The maximum absolute atomic E-state index is 13.5. The maximum Gasteiger partial charge on any atom is 0.300 e. The number of para-hydroxylation sites is 1. The molecule has 1 unspecified atom stereocenters. The molecular formula is C27H22ClNO7. The van der Waals surface area contributed by atoms with Crippen molar-refractivity contribution in [3.8, 4) is 23.0 Å². The number of aliphatic hydroxyl groups excluding tert-OH is 1. The molecule has 1 saturated heterocycles. The summed E-state index contributed by atoms with van der Waals surface area (Å²) in [6.07, 6.45) is 0. The molecule has 0 saturated carbocycles. The van der Waals surface area contributed by atoms with Crippen LogP contribution in [0.4, 0.5) is 5.69 Å². The van der Waals surface area contributed by atoms with Gasteiger partial charge in [-0.25, -0.2) is 0 Å². The van der Waals surface area contributed by atoms with Crippen molar-refractivity contribution in [1.29, 1.82) is 0 Å². The van der Waals surface area contributed by atoms with E-state index in [2.05, 4.69) is 0 Å². The van der Waals surface area contributed by atoms with Gasteiger partial charge in [-0.05, 0) is 36.4 Å². The zero-order chi connectivity index (χ0) is 25.4. The number of halogens is 1. The van der Waals surface area contributed by atoms with Gasteiger partial charge in [-0.3, -0.25) is 14.5 Å². The third kappa shape index (κ3) is 3.89. The van der Waals surface area contributed by atoms with Gasteiger partial charge in [0.2, 0.25) is 0 Å². The molecule has 2 heterocycles. The van der Waals surface area contributed by atoms with Gasteiger partial charge in [-0.15, -0.1) is 0 Å². The number of fused-ring (bicyclic) bond motifs is 1. The van der Waals surface area contributed by atoms with Crippen LogP contribution in [-0.4, -0.2) is 44.2 Å². The van der Waals surface area contributed by atoms with Gasteiger partial charge in [0.25, 0.3) is 11.7 Å². The fourth-order valence-electron chi connectivity index (χ4n) is 4.48. The minimum Gasteiger partial charge on any atom is -0.507 e. The molecule has 1 amide bonds. The third-order valence-corrected chi connectivity index (χ3v) is 6.33. The van der Waals surface area contributed by atoms with Gasteiger partial charge in [0.15, 0.2) is 11.5 Å². The number of benzene rings is 3. The molecule has 9 heteroatoms. The Labute approximate surface area is 212 Å². The van der Waals surface area contributed by atoms with Crippen molar-refractivity contribution in [2.75, 3.05) is 32.3 Å². The number of amides is 1. The average Bonchev–Trinajstić information content (AvgIpc) is 3.17. The quantitative estimate of drug-likeness (QED) is 0.302. The van der Waals surface area contributed by atoms with Crippen molar-refractivity contribution < 1.29 is 33.6 Å². The van der Waals surface area contributed by atoms with Crippen LogP contribution in [-0.2, 0) is 9.59 Å². The lowest BCUT2D eigenvalue weighted by Gasteiger charge is -2.28. The number of carbonyl (C=O) groups excluding carboxylic acids is 2. The molecule has 184 valence electrons. The summed E-state index contributed by atoms with van der Waals surface area (Å²) in [5.41, 5.74) is 0.969. The predicted molar refractivity (Wildman–Crippen MR) is 133 cm³/mol. The Morgan fingerprint density at radius 1 is 0.944 bits per heavy atom. The van der Waals surface area contributed by atoms with Crippen molar-refractivity contribution in [3.63, 3.8) is 0 Å². The maximum atomic E-state index is 13.5. The molecule has 3 aromatic rings. The first-order chi connectivity index (χ1) is 17.4. The molecule has 0 aromatic heterocycles. The Bertz CT molecular complexity index is 1400. The predicted octanol–water partition coefficient (Wildman–Crippen LogP) is 4.75. The molecule has 1 atom stereocenters. The van der Waals surface area contributed by atoms with Crippen LogP contribution in [0.15, 0.2) is 66.2 Å². The van der Waals surface area contributed by atoms with E-state index < -0.39 is 23.5 Å². The minimum atomic E-state index is -1.01. The van der Waals surface area contributed by atoms with Crippen molar-refractivity contribution in [1.82, 2.24) is 0 Å². The Hall–Kier alpha value is -4.17. The van der Waals surface area contributed by atoms with E-state index in [-0.39, 0.29) is 11.1 Å². The fourth-order valence-corrected chi connectivity index (χ4v) is 4.65. The SMILES string of the molecule is COc1ccc(Cl)cc1/C(O)=C1\C(=O)C(=O)N(c2ccc3c(c2)OCCO3)C1c1ccccc1OC. The number of ether oxygens (including phenoxy) is 4. The van der Waals surface area contributed by atoms with Crippen LogP contribution in [0, 0.1) is 0 Å². The second-order valence-electron chi connectivity index (χ2n) is 8.08. The van der Waals surface area contributed by atoms with Crippen molar-refractivity contribution in [2.24, 2.45) is 0 Å². The molecule has 0 spiro atoms. The van der Waals surface area contributed by atoms with Gasteiger partial charge in [0.05, 0.1) is 31.4 Å². The smallest absolute Gasteiger partial charge is 0.300 e. The molecule has 0 radical (unpaired) electrons. The standard InChI is InChI=1S/C27H22ClNO7/c1-33-19-6-4-3-5-17(19)24-23(25(30)18-13-15(28)7-9-20(18)34-2)26(31)27(32)29(24)16-8-10-21-22(14-16)36-12-11-35-21/h3-10,13-14,24,30H,11-12H2,1-2H3/b25-23+. The average molecular weight is 508 g/mol. The number of hydrogen-bond acceptors (Lipinski definition) is 7. The monoisotopic (exact) mass is 507 g/mol. The number of aliphatic hydroxyl groups is 1. The summed E-state index contributed by atoms with van der Waals surface area (Å²) in [6.45, 7) is 0.777. The summed E-state index contributed by atoms with van der Waals surface area (Å²) < 4.78 is 22.2. The van der Waals surface area contributed by atoms with Gasteiger partial charge >= 0.3 is 0 Å². The van der Waals surface area contributed by atoms with E-state index in [1.54, 1.807) is 54.6 Å². The zero-order valence-corrected chi connectivity index (χ0v) is 20.2. The van der Waals surface area contributed by atoms with E-state index in [4.69, 9.17) is 30.5 Å². The summed E-state index contributed by atoms with van der Waals surface area (Å²) in [4.78, 5) is 28.3. The van der Waals surface area contributed by atoms with Crippen LogP contribution in [0.25, 0.3) is 5.76 Å². The van der Waals surface area contributed by atoms with Gasteiger partial charge in [0, 0.05) is 22.3 Å². The molecule has 5 rings (SSSR count). The van der Waals surface area contributed by atoms with E-state index in [0.717, 1.165) is 0 Å². The fraction of sp³-hybridized carbons (Fsp3) is 0.185. The zero-order valence-electron chi connectivity index (χ0n) is 19.5. The Morgan fingerprint density at radius 2 is 1.67 bits per heavy atom. The lowest BCUT2D eigenvalue weighted by molar-refractivity contribution is -0.132. The molecule has 2 aliphatic rings. The number of methoxy groups -OCH3 is 2. The molecule has 2 aliphatic heterocycles. The van der Waals surface area contributed by atoms with E-state index >= 15 is 0 Å². The van der Waals surface area contributed by atoms with Gasteiger partial charge in [-0.1, -0.05) is 29.8 Å². The summed E-state index contributed by atoms with van der Waals surface area (Å²) >= 11 is 6.19. The van der Waals surface area contributed by atoms with Crippen molar-refractivity contribution in [3.05, 3.63) is 82.4 Å². The lowest BCUT2D eigenvalue weighted by atomic mass is 9.94. The highest BCUT2D eigenvalue weighted by Crippen LogP contribution is 2.47. The number of Topliss-reactive ketones (excluding diaryl/α,β-unsaturated/α-hetero) is 1. The molecule has 8 nitrogen and oxygen atoms in total. The van der Waals surface area contributed by atoms with Gasteiger partial charge < -0.3 is 24.1 Å². The Kier molecular flexibility index (Phi) is 6.20. The molecule has 1 fully saturated rings. The third-order valence-electron chi connectivity index (χ3n) is 6.10. The first-order valence-corrected chi connectivity index (χ1v) is 11.5. The largest absolute Gasteiger partial charge is 0.507 e. The minimum absolute atomic E-state index is 0.125. The molecule has 36 heavy (non-hydrogen) atoms. The number of ketones is 1. The van der Waals surface area contributed by atoms with Crippen LogP contribution >= 0.6 is 11.6 Å². The second-order valence-corrected chi connectivity index (χ2v) is 8.52. The summed E-state index contributed by atoms with van der Waals surface area (Å²) in [6, 6.07) is 15.6. The lowest BCUT2D eigenvalue weighted by Crippen LogP contribution is -2.30. The van der Waals surface area contributed by atoms with E-state index in [1.807, 2.05) is 0 Å². The molecule has 3 aromatic carbocycles. The van der Waals surface area contributed by atoms with Gasteiger partial charge in [0.1, 0.15) is 30.5 Å². The highest BCUT2D eigenvalue weighted by Gasteiger charge is 2.48. The number of nitrogens with zero attached hydrogens (tertiary/aromatic N) is 1. The van der Waals surface area contributed by atoms with E-state index in [9.17, 15) is 14.7 Å².